The van der Waals surface area contributed by atoms with E-state index in [-0.39, 0.29) is 5.91 Å². The molecule has 0 saturated carbocycles. The van der Waals surface area contributed by atoms with Gasteiger partial charge in [0.1, 0.15) is 0 Å². The Labute approximate surface area is 157 Å². The smallest absolute Gasteiger partial charge is 0.259 e. The minimum absolute atomic E-state index is 0.153. The Morgan fingerprint density at radius 3 is 2.32 bits per heavy atom. The zero-order valence-corrected chi connectivity index (χ0v) is 16.5. The van der Waals surface area contributed by atoms with Crippen molar-refractivity contribution in [3.8, 4) is 11.1 Å². The monoisotopic (exact) mass is 399 g/mol. The molecule has 0 aliphatic rings. The summed E-state index contributed by atoms with van der Waals surface area (Å²) in [5.74, 6) is -0.153. The van der Waals surface area contributed by atoms with Crippen LogP contribution in [0.2, 0.25) is 0 Å². The first kappa shape index (κ1) is 18.9. The molecule has 0 atom stereocenters. The summed E-state index contributed by atoms with van der Waals surface area (Å²) < 4.78 is 2.67. The van der Waals surface area contributed by atoms with Gasteiger partial charge >= 0.3 is 0 Å². The summed E-state index contributed by atoms with van der Waals surface area (Å²) in [7, 11) is 1.81. The van der Waals surface area contributed by atoms with Crippen molar-refractivity contribution >= 4 is 27.5 Å². The van der Waals surface area contributed by atoms with Gasteiger partial charge in [-0.2, -0.15) is 5.10 Å². The Balaban J connectivity index is 0.00000109. The standard InChI is InChI=1S/C18H16BrN3O.C2H6/c1-12-16(11-22(2)21-12)18(23)20-17-6-4-3-5-15(17)13-7-9-14(19)10-8-13;1-2/h3-11H,1-2H3,(H,20,23);1-2H3. The third-order valence-corrected chi connectivity index (χ3v) is 4.12. The first-order valence-corrected chi connectivity index (χ1v) is 9.00. The molecular weight excluding hydrogens is 378 g/mol. The van der Waals surface area contributed by atoms with Gasteiger partial charge in [0.25, 0.3) is 5.91 Å². The Hall–Kier alpha value is -2.40. The average molecular weight is 400 g/mol. The van der Waals surface area contributed by atoms with Crippen LogP contribution in [0.3, 0.4) is 0 Å². The third-order valence-electron chi connectivity index (χ3n) is 3.59. The summed E-state index contributed by atoms with van der Waals surface area (Å²) in [4.78, 5) is 12.5. The van der Waals surface area contributed by atoms with E-state index in [4.69, 9.17) is 0 Å². The molecule has 0 spiro atoms. The minimum atomic E-state index is -0.153. The van der Waals surface area contributed by atoms with Gasteiger partial charge in [-0.25, -0.2) is 0 Å². The van der Waals surface area contributed by atoms with Gasteiger partial charge in [0.2, 0.25) is 0 Å². The third kappa shape index (κ3) is 4.57. The van der Waals surface area contributed by atoms with Crippen molar-refractivity contribution in [3.05, 3.63) is 70.5 Å². The Morgan fingerprint density at radius 2 is 1.72 bits per heavy atom. The fourth-order valence-electron chi connectivity index (χ4n) is 2.49. The number of halogens is 1. The first-order chi connectivity index (χ1) is 12.0. The van der Waals surface area contributed by atoms with Crippen LogP contribution in [0, 0.1) is 6.92 Å². The van der Waals surface area contributed by atoms with Gasteiger partial charge in [-0.05, 0) is 30.7 Å². The van der Waals surface area contributed by atoms with E-state index in [2.05, 4.69) is 26.3 Å². The van der Waals surface area contributed by atoms with Gasteiger partial charge in [-0.1, -0.05) is 60.1 Å². The summed E-state index contributed by atoms with van der Waals surface area (Å²) in [5.41, 5.74) is 4.11. The molecule has 0 bridgehead atoms. The fourth-order valence-corrected chi connectivity index (χ4v) is 2.75. The predicted octanol–water partition coefficient (Wildman–Crippen LogP) is 5.44. The van der Waals surface area contributed by atoms with Crippen LogP contribution in [-0.4, -0.2) is 15.7 Å². The maximum Gasteiger partial charge on any atom is 0.259 e. The number of hydrogen-bond acceptors (Lipinski definition) is 2. The molecule has 25 heavy (non-hydrogen) atoms. The summed E-state index contributed by atoms with van der Waals surface area (Å²) in [6.45, 7) is 5.83. The van der Waals surface area contributed by atoms with Gasteiger partial charge in [-0.3, -0.25) is 9.48 Å². The molecule has 0 saturated heterocycles. The Bertz CT molecular complexity index is 854. The first-order valence-electron chi connectivity index (χ1n) is 8.21. The van der Waals surface area contributed by atoms with Gasteiger partial charge in [-0.15, -0.1) is 0 Å². The normalized spacial score (nSPS) is 9.96. The molecule has 0 aliphatic heterocycles. The number of nitrogens with zero attached hydrogens (tertiary/aromatic N) is 2. The van der Waals surface area contributed by atoms with E-state index in [1.54, 1.807) is 17.9 Å². The average Bonchev–Trinajstić information content (AvgIpc) is 2.96. The van der Waals surface area contributed by atoms with E-state index in [1.165, 1.54) is 0 Å². The van der Waals surface area contributed by atoms with Gasteiger partial charge in [0.05, 0.1) is 11.3 Å². The van der Waals surface area contributed by atoms with Crippen LogP contribution < -0.4 is 5.32 Å². The lowest BCUT2D eigenvalue weighted by molar-refractivity contribution is 0.102. The number of para-hydroxylation sites is 1. The van der Waals surface area contributed by atoms with Gasteiger partial charge in [0, 0.05) is 29.0 Å². The summed E-state index contributed by atoms with van der Waals surface area (Å²) in [5, 5.41) is 7.20. The lowest BCUT2D eigenvalue weighted by Crippen LogP contribution is -2.13. The Morgan fingerprint density at radius 1 is 1.08 bits per heavy atom. The van der Waals surface area contributed by atoms with Crippen molar-refractivity contribution in [2.45, 2.75) is 20.8 Å². The van der Waals surface area contributed by atoms with Crippen molar-refractivity contribution in [1.29, 1.82) is 0 Å². The van der Waals surface area contributed by atoms with Crippen LogP contribution in [0.15, 0.2) is 59.2 Å². The highest BCUT2D eigenvalue weighted by Crippen LogP contribution is 2.29. The zero-order valence-electron chi connectivity index (χ0n) is 14.9. The van der Waals surface area contributed by atoms with Crippen LogP contribution in [0.5, 0.6) is 0 Å². The number of aryl methyl sites for hydroxylation is 2. The molecule has 0 fully saturated rings. The number of nitrogens with one attached hydrogen (secondary N) is 1. The number of anilines is 1. The lowest BCUT2D eigenvalue weighted by Gasteiger charge is -2.11. The molecule has 1 amide bonds. The van der Waals surface area contributed by atoms with E-state index < -0.39 is 0 Å². The van der Waals surface area contributed by atoms with E-state index >= 15 is 0 Å². The molecular formula is C20H22BrN3O. The summed E-state index contributed by atoms with van der Waals surface area (Å²) >= 11 is 3.44. The molecule has 1 N–H and O–H groups in total. The number of amides is 1. The second kappa shape index (κ2) is 8.62. The van der Waals surface area contributed by atoms with E-state index in [0.717, 1.165) is 21.3 Å². The number of carbonyl (C=O) groups excluding carboxylic acids is 1. The number of benzene rings is 2. The molecule has 1 heterocycles. The van der Waals surface area contributed by atoms with Crippen LogP contribution in [0.25, 0.3) is 11.1 Å². The number of hydrogen-bond donors (Lipinski definition) is 1. The van der Waals surface area contributed by atoms with Crippen molar-refractivity contribution in [2.75, 3.05) is 5.32 Å². The summed E-state index contributed by atoms with van der Waals surface area (Å²) in [6.07, 6.45) is 1.73. The molecule has 4 nitrogen and oxygen atoms in total. The largest absolute Gasteiger partial charge is 0.321 e. The molecule has 5 heteroatoms. The van der Waals surface area contributed by atoms with Crippen LogP contribution in [0.1, 0.15) is 29.9 Å². The quantitative estimate of drug-likeness (QED) is 0.637. The number of rotatable bonds is 3. The second-order valence-electron chi connectivity index (χ2n) is 5.31. The molecule has 0 radical (unpaired) electrons. The van der Waals surface area contributed by atoms with E-state index in [0.29, 0.717) is 11.3 Å². The molecule has 0 aliphatic carbocycles. The summed E-state index contributed by atoms with van der Waals surface area (Å²) in [6, 6.07) is 15.8. The van der Waals surface area contributed by atoms with Crippen LogP contribution in [0.4, 0.5) is 5.69 Å². The van der Waals surface area contributed by atoms with Gasteiger partial charge in [0.15, 0.2) is 0 Å². The number of carbonyl (C=O) groups is 1. The molecule has 2 aromatic carbocycles. The molecule has 3 aromatic rings. The van der Waals surface area contributed by atoms with Crippen LogP contribution in [-0.2, 0) is 7.05 Å². The van der Waals surface area contributed by atoms with Crippen molar-refractivity contribution in [2.24, 2.45) is 7.05 Å². The molecule has 0 unspecified atom stereocenters. The van der Waals surface area contributed by atoms with Crippen molar-refractivity contribution < 1.29 is 4.79 Å². The van der Waals surface area contributed by atoms with E-state index in [1.807, 2.05) is 69.3 Å². The molecule has 3 rings (SSSR count). The highest BCUT2D eigenvalue weighted by atomic mass is 79.9. The van der Waals surface area contributed by atoms with E-state index in [9.17, 15) is 4.79 Å². The highest BCUT2D eigenvalue weighted by Gasteiger charge is 2.14. The maximum absolute atomic E-state index is 12.5. The predicted molar refractivity (Wildman–Crippen MR) is 107 cm³/mol. The zero-order chi connectivity index (χ0) is 18.4. The Kier molecular flexibility index (Phi) is 6.53. The topological polar surface area (TPSA) is 46.9 Å². The minimum Gasteiger partial charge on any atom is -0.321 e. The van der Waals surface area contributed by atoms with Crippen molar-refractivity contribution in [1.82, 2.24) is 9.78 Å². The van der Waals surface area contributed by atoms with Crippen LogP contribution >= 0.6 is 15.9 Å². The number of aromatic nitrogens is 2. The molecule has 1 aromatic heterocycles. The lowest BCUT2D eigenvalue weighted by atomic mass is 10.0. The highest BCUT2D eigenvalue weighted by molar-refractivity contribution is 9.10. The maximum atomic E-state index is 12.5. The van der Waals surface area contributed by atoms with Gasteiger partial charge < -0.3 is 5.32 Å². The van der Waals surface area contributed by atoms with Crippen molar-refractivity contribution in [3.63, 3.8) is 0 Å². The fraction of sp³-hybridized carbons (Fsp3) is 0.200. The molecule has 130 valence electrons. The second-order valence-corrected chi connectivity index (χ2v) is 6.22. The SMILES string of the molecule is CC.Cc1nn(C)cc1C(=O)Nc1ccccc1-c1ccc(Br)cc1.